The van der Waals surface area contributed by atoms with Gasteiger partial charge in [0.2, 0.25) is 5.91 Å². The van der Waals surface area contributed by atoms with Gasteiger partial charge < -0.3 is 9.88 Å². The Labute approximate surface area is 187 Å². The van der Waals surface area contributed by atoms with Crippen LogP contribution in [0.3, 0.4) is 0 Å². The average Bonchev–Trinajstić information content (AvgIpc) is 3.35. The van der Waals surface area contributed by atoms with E-state index in [1.165, 1.54) is 30.5 Å². The lowest BCUT2D eigenvalue weighted by Crippen LogP contribution is -2.48. The van der Waals surface area contributed by atoms with Crippen molar-refractivity contribution in [1.29, 1.82) is 0 Å². The summed E-state index contributed by atoms with van der Waals surface area (Å²) in [5, 5.41) is 2.45. The molecule has 0 saturated heterocycles. The van der Waals surface area contributed by atoms with Crippen molar-refractivity contribution in [3.63, 3.8) is 0 Å². The molecule has 1 aliphatic rings. The van der Waals surface area contributed by atoms with Gasteiger partial charge in [-0.15, -0.1) is 11.3 Å². The smallest absolute Gasteiger partial charge is 0.323 e. The Kier molecular flexibility index (Phi) is 5.69. The molecule has 1 amide bonds. The number of anilines is 1. The third-order valence-electron chi connectivity index (χ3n) is 4.75. The fraction of sp³-hybridized carbons (Fsp3) is 0.211. The van der Waals surface area contributed by atoms with Gasteiger partial charge in [-0.2, -0.15) is 17.1 Å². The minimum atomic E-state index is -4.05. The summed E-state index contributed by atoms with van der Waals surface area (Å²) in [6.07, 6.45) is 3.61. The van der Waals surface area contributed by atoms with Gasteiger partial charge in [-0.25, -0.2) is 9.37 Å². The minimum absolute atomic E-state index is 0.0820. The maximum Gasteiger partial charge on any atom is 0.323 e. The molecule has 1 aromatic carbocycles. The summed E-state index contributed by atoms with van der Waals surface area (Å²) < 4.78 is 45.2. The number of imidazole rings is 1. The highest BCUT2D eigenvalue weighted by atomic mass is 35.5. The number of hydrogen-bond donors (Lipinski definition) is 1. The molecule has 12 heteroatoms. The van der Waals surface area contributed by atoms with E-state index in [9.17, 15) is 17.6 Å². The molecule has 3 heterocycles. The van der Waals surface area contributed by atoms with E-state index in [-0.39, 0.29) is 17.1 Å². The number of carbonyl (C=O) groups is 1. The Balaban J connectivity index is 1.60. The molecule has 0 fully saturated rings. The van der Waals surface area contributed by atoms with E-state index in [1.54, 1.807) is 12.4 Å². The number of benzene rings is 1. The predicted molar refractivity (Wildman–Crippen MR) is 118 cm³/mol. The number of thiophene rings is 1. The maximum atomic E-state index is 13.4. The van der Waals surface area contributed by atoms with Gasteiger partial charge in [0.1, 0.15) is 11.9 Å². The molecule has 2 aromatic heterocycles. The molecule has 8 nitrogen and oxygen atoms in total. The number of nitrogens with one attached hydrogen (secondary N) is 1. The van der Waals surface area contributed by atoms with Gasteiger partial charge >= 0.3 is 10.2 Å². The highest BCUT2D eigenvalue weighted by Crippen LogP contribution is 2.31. The van der Waals surface area contributed by atoms with Crippen molar-refractivity contribution in [3.05, 3.63) is 58.6 Å². The molecule has 3 aromatic rings. The third kappa shape index (κ3) is 4.40. The summed E-state index contributed by atoms with van der Waals surface area (Å²) in [7, 11) is -0.896. The van der Waals surface area contributed by atoms with Crippen molar-refractivity contribution in [2.75, 3.05) is 12.4 Å². The van der Waals surface area contributed by atoms with Crippen LogP contribution in [0, 0.1) is 5.82 Å². The number of hydrogen-bond acceptors (Lipinski definition) is 5. The second-order valence-corrected chi connectivity index (χ2v) is 10.1. The second kappa shape index (κ2) is 8.15. The zero-order valence-corrected chi connectivity index (χ0v) is 18.8. The van der Waals surface area contributed by atoms with Crippen LogP contribution in [0.15, 0.2) is 47.3 Å². The van der Waals surface area contributed by atoms with Gasteiger partial charge in [0.05, 0.1) is 32.5 Å². The lowest BCUT2D eigenvalue weighted by atomic mass is 10.1. The first kappa shape index (κ1) is 21.6. The summed E-state index contributed by atoms with van der Waals surface area (Å²) in [6.45, 7) is 0. The Morgan fingerprint density at radius 1 is 1.26 bits per heavy atom. The quantitative estimate of drug-likeness (QED) is 0.618. The summed E-state index contributed by atoms with van der Waals surface area (Å²) in [6, 6.07) is 6.32. The lowest BCUT2D eigenvalue weighted by molar-refractivity contribution is -0.119. The third-order valence-corrected chi connectivity index (χ3v) is 7.63. The molecule has 0 spiro atoms. The maximum absolute atomic E-state index is 13.4. The summed E-state index contributed by atoms with van der Waals surface area (Å²) in [5.74, 6) is -1.18. The largest absolute Gasteiger partial charge is 0.340 e. The van der Waals surface area contributed by atoms with Crippen LogP contribution in [-0.2, 0) is 22.1 Å². The molecule has 4 rings (SSSR count). The Bertz CT molecular complexity index is 1300. The number of amides is 1. The van der Waals surface area contributed by atoms with Crippen molar-refractivity contribution in [1.82, 2.24) is 13.9 Å². The zero-order chi connectivity index (χ0) is 22.3. The molecule has 1 unspecified atom stereocenters. The molecule has 31 heavy (non-hydrogen) atoms. The SMILES string of the molecule is CN1C(C(=O)Nc2ccc(F)c(Cl)c2)CC(c2ccc(-c3cn(C)cn3)s2)=NS1(=O)=O. The van der Waals surface area contributed by atoms with Gasteiger partial charge in [0, 0.05) is 32.4 Å². The topological polar surface area (TPSA) is 96.7 Å². The number of likely N-dealkylation sites (N-methyl/N-ethyl adjacent to an activating group) is 1. The van der Waals surface area contributed by atoms with E-state index in [2.05, 4.69) is 14.7 Å². The number of aromatic nitrogens is 2. The molecular formula is C19H17ClFN5O3S2. The van der Waals surface area contributed by atoms with Gasteiger partial charge in [-0.1, -0.05) is 11.6 Å². The first-order valence-electron chi connectivity index (χ1n) is 9.05. The molecule has 162 valence electrons. The number of rotatable bonds is 4. The Hall–Kier alpha value is -2.60. The van der Waals surface area contributed by atoms with Crippen LogP contribution in [0.2, 0.25) is 5.02 Å². The molecule has 1 atom stereocenters. The molecule has 1 aliphatic heterocycles. The summed E-state index contributed by atoms with van der Waals surface area (Å²) >= 11 is 7.11. The van der Waals surface area contributed by atoms with Gasteiger partial charge in [0.25, 0.3) is 0 Å². The highest BCUT2D eigenvalue weighted by molar-refractivity contribution is 7.88. The molecule has 1 N–H and O–H groups in total. The van der Waals surface area contributed by atoms with Crippen LogP contribution in [-0.4, -0.2) is 47.0 Å². The Morgan fingerprint density at radius 2 is 2.00 bits per heavy atom. The fourth-order valence-electron chi connectivity index (χ4n) is 3.09. The van der Waals surface area contributed by atoms with E-state index < -0.39 is 28.0 Å². The monoisotopic (exact) mass is 481 g/mol. The lowest BCUT2D eigenvalue weighted by Gasteiger charge is -2.29. The molecule has 0 aliphatic carbocycles. The van der Waals surface area contributed by atoms with Crippen LogP contribution in [0.25, 0.3) is 10.6 Å². The fourth-order valence-corrected chi connectivity index (χ4v) is 5.36. The van der Waals surface area contributed by atoms with E-state index in [1.807, 2.05) is 23.9 Å². The average molecular weight is 482 g/mol. The van der Waals surface area contributed by atoms with E-state index in [4.69, 9.17) is 11.6 Å². The van der Waals surface area contributed by atoms with Crippen molar-refractivity contribution in [2.45, 2.75) is 12.5 Å². The van der Waals surface area contributed by atoms with Crippen LogP contribution >= 0.6 is 22.9 Å². The normalized spacial score (nSPS) is 18.6. The number of nitrogens with zero attached hydrogens (tertiary/aromatic N) is 4. The predicted octanol–water partition coefficient (Wildman–Crippen LogP) is 3.32. The van der Waals surface area contributed by atoms with Crippen LogP contribution in [0.1, 0.15) is 11.3 Å². The van der Waals surface area contributed by atoms with E-state index in [0.717, 1.165) is 20.9 Å². The molecule has 0 radical (unpaired) electrons. The molecule has 0 bridgehead atoms. The molecular weight excluding hydrogens is 465 g/mol. The van der Waals surface area contributed by atoms with Crippen molar-refractivity contribution < 1.29 is 17.6 Å². The number of halogens is 2. The second-order valence-electron chi connectivity index (χ2n) is 6.96. The standard InChI is InChI=1S/C19H17ClFN5O3S2/c1-25-9-15(22-10-25)18-6-5-17(30-18)14-8-16(26(2)31(28,29)24-14)19(27)23-11-3-4-13(21)12(20)7-11/h3-7,9-10,16H,8H2,1-2H3,(H,23,27). The van der Waals surface area contributed by atoms with Crippen molar-refractivity contribution in [3.8, 4) is 10.6 Å². The van der Waals surface area contributed by atoms with Crippen LogP contribution in [0.5, 0.6) is 0 Å². The first-order valence-corrected chi connectivity index (χ1v) is 11.6. The van der Waals surface area contributed by atoms with E-state index >= 15 is 0 Å². The minimum Gasteiger partial charge on any atom is -0.340 e. The van der Waals surface area contributed by atoms with Gasteiger partial charge in [-0.3, -0.25) is 4.79 Å². The van der Waals surface area contributed by atoms with Crippen LogP contribution < -0.4 is 5.32 Å². The van der Waals surface area contributed by atoms with Crippen molar-refractivity contribution >= 4 is 50.5 Å². The summed E-state index contributed by atoms with van der Waals surface area (Å²) in [5.41, 5.74) is 1.32. The summed E-state index contributed by atoms with van der Waals surface area (Å²) in [4.78, 5) is 18.6. The van der Waals surface area contributed by atoms with E-state index in [0.29, 0.717) is 10.6 Å². The highest BCUT2D eigenvalue weighted by Gasteiger charge is 2.38. The van der Waals surface area contributed by atoms with Crippen LogP contribution in [0.4, 0.5) is 10.1 Å². The molecule has 0 saturated carbocycles. The van der Waals surface area contributed by atoms with Crippen molar-refractivity contribution in [2.24, 2.45) is 11.4 Å². The number of carbonyl (C=O) groups excluding carboxylic acids is 1. The van der Waals surface area contributed by atoms with Gasteiger partial charge in [-0.05, 0) is 30.3 Å². The number of aryl methyl sites for hydroxylation is 1. The van der Waals surface area contributed by atoms with Gasteiger partial charge in [0.15, 0.2) is 0 Å². The first-order chi connectivity index (χ1) is 14.6. The Morgan fingerprint density at radius 3 is 2.68 bits per heavy atom. The zero-order valence-electron chi connectivity index (χ0n) is 16.4.